The van der Waals surface area contributed by atoms with Crippen LogP contribution in [-0.4, -0.2) is 55.8 Å². The molecule has 0 bridgehead atoms. The van der Waals surface area contributed by atoms with Crippen LogP contribution in [0.25, 0.3) is 0 Å². The van der Waals surface area contributed by atoms with Crippen LogP contribution in [0.4, 0.5) is 4.79 Å². The highest BCUT2D eigenvalue weighted by molar-refractivity contribution is 14.0. The van der Waals surface area contributed by atoms with Crippen LogP contribution >= 0.6 is 24.0 Å². The van der Waals surface area contributed by atoms with E-state index in [0.29, 0.717) is 12.6 Å². The average Bonchev–Trinajstić information content (AvgIpc) is 2.67. The number of likely N-dealkylation sites (tertiary alicyclic amines) is 1. The Bertz CT molecular complexity index is 629. The lowest BCUT2D eigenvalue weighted by atomic mass is 9.86. The van der Waals surface area contributed by atoms with Gasteiger partial charge in [-0.25, -0.2) is 4.79 Å². The molecule has 1 aromatic carbocycles. The Morgan fingerprint density at radius 2 is 1.86 bits per heavy atom. The third kappa shape index (κ3) is 9.23. The molecular formula is C22H37IN4O2. The fourth-order valence-corrected chi connectivity index (χ4v) is 3.43. The average molecular weight is 516 g/mol. The Kier molecular flexibility index (Phi) is 11.4. The van der Waals surface area contributed by atoms with E-state index < -0.39 is 0 Å². The van der Waals surface area contributed by atoms with Crippen LogP contribution in [0.1, 0.15) is 46.1 Å². The molecule has 0 radical (unpaired) electrons. The number of carbonyl (C=O) groups excluding carboxylic acids is 1. The number of guanidine groups is 1. The van der Waals surface area contributed by atoms with E-state index >= 15 is 0 Å². The number of aliphatic imine (C=N–C) groups is 1. The first-order valence-corrected chi connectivity index (χ1v) is 10.4. The van der Waals surface area contributed by atoms with Crippen molar-refractivity contribution in [2.75, 3.05) is 32.8 Å². The zero-order chi connectivity index (χ0) is 20.4. The third-order valence-electron chi connectivity index (χ3n) is 4.90. The molecule has 7 heteroatoms. The minimum absolute atomic E-state index is 0. The van der Waals surface area contributed by atoms with Crippen molar-refractivity contribution in [2.45, 2.75) is 53.0 Å². The van der Waals surface area contributed by atoms with Gasteiger partial charge in [0.15, 0.2) is 5.96 Å². The van der Waals surface area contributed by atoms with Crippen LogP contribution in [0.15, 0.2) is 35.3 Å². The van der Waals surface area contributed by atoms with Crippen molar-refractivity contribution < 1.29 is 9.53 Å². The molecule has 1 aliphatic rings. The van der Waals surface area contributed by atoms with E-state index in [9.17, 15) is 4.79 Å². The maximum Gasteiger partial charge on any atom is 0.409 e. The number of ether oxygens (including phenoxy) is 1. The van der Waals surface area contributed by atoms with Gasteiger partial charge in [0.1, 0.15) is 0 Å². The van der Waals surface area contributed by atoms with Gasteiger partial charge in [-0.1, -0.05) is 44.2 Å². The van der Waals surface area contributed by atoms with E-state index in [-0.39, 0.29) is 35.5 Å². The third-order valence-corrected chi connectivity index (χ3v) is 4.90. The number of nitrogens with zero attached hydrogens (tertiary/aromatic N) is 2. The van der Waals surface area contributed by atoms with Crippen molar-refractivity contribution in [2.24, 2.45) is 10.4 Å². The Morgan fingerprint density at radius 1 is 1.21 bits per heavy atom. The highest BCUT2D eigenvalue weighted by atomic mass is 127. The molecule has 1 aromatic rings. The first-order valence-electron chi connectivity index (χ1n) is 10.4. The molecule has 0 aromatic heterocycles. The summed E-state index contributed by atoms with van der Waals surface area (Å²) in [6.45, 7) is 11.9. The van der Waals surface area contributed by atoms with E-state index in [0.717, 1.165) is 51.4 Å². The van der Waals surface area contributed by atoms with Crippen molar-refractivity contribution in [3.63, 3.8) is 0 Å². The largest absolute Gasteiger partial charge is 0.450 e. The highest BCUT2D eigenvalue weighted by Crippen LogP contribution is 2.22. The van der Waals surface area contributed by atoms with Crippen molar-refractivity contribution in [3.8, 4) is 0 Å². The minimum Gasteiger partial charge on any atom is -0.450 e. The van der Waals surface area contributed by atoms with E-state index in [1.165, 1.54) is 5.56 Å². The lowest BCUT2D eigenvalue weighted by Crippen LogP contribution is -2.50. The Balaban J connectivity index is 0.00000420. The van der Waals surface area contributed by atoms with Gasteiger partial charge in [0.05, 0.1) is 6.61 Å². The summed E-state index contributed by atoms with van der Waals surface area (Å²) in [6.07, 6.45) is 2.59. The van der Waals surface area contributed by atoms with Crippen LogP contribution in [0.5, 0.6) is 0 Å². The second kappa shape index (κ2) is 12.9. The Hall–Kier alpha value is -1.51. The number of piperidine rings is 1. The monoisotopic (exact) mass is 516 g/mol. The van der Waals surface area contributed by atoms with Crippen LogP contribution in [-0.2, 0) is 11.2 Å². The van der Waals surface area contributed by atoms with Gasteiger partial charge in [-0.05, 0) is 44.1 Å². The molecule has 1 aliphatic heterocycles. The predicted molar refractivity (Wildman–Crippen MR) is 130 cm³/mol. The molecule has 0 aliphatic carbocycles. The molecule has 1 heterocycles. The fourth-order valence-electron chi connectivity index (χ4n) is 3.43. The summed E-state index contributed by atoms with van der Waals surface area (Å²) < 4.78 is 5.09. The molecule has 29 heavy (non-hydrogen) atoms. The van der Waals surface area contributed by atoms with E-state index in [1.54, 1.807) is 4.90 Å². The van der Waals surface area contributed by atoms with Gasteiger partial charge in [-0.3, -0.25) is 4.99 Å². The molecule has 2 rings (SSSR count). The highest BCUT2D eigenvalue weighted by Gasteiger charge is 2.24. The smallest absolute Gasteiger partial charge is 0.409 e. The van der Waals surface area contributed by atoms with Gasteiger partial charge in [0, 0.05) is 32.2 Å². The Morgan fingerprint density at radius 3 is 2.45 bits per heavy atom. The van der Waals surface area contributed by atoms with Crippen LogP contribution in [0.3, 0.4) is 0 Å². The molecule has 0 saturated carbocycles. The predicted octanol–water partition coefficient (Wildman–Crippen LogP) is 4.05. The number of amides is 1. The molecule has 2 N–H and O–H groups in total. The summed E-state index contributed by atoms with van der Waals surface area (Å²) in [5.41, 5.74) is 1.42. The topological polar surface area (TPSA) is 66.0 Å². The van der Waals surface area contributed by atoms with Gasteiger partial charge >= 0.3 is 6.09 Å². The number of carbonyl (C=O) groups is 1. The zero-order valence-corrected chi connectivity index (χ0v) is 20.6. The van der Waals surface area contributed by atoms with Gasteiger partial charge < -0.3 is 20.3 Å². The van der Waals surface area contributed by atoms with Gasteiger partial charge in [0.2, 0.25) is 0 Å². The molecule has 164 valence electrons. The molecule has 0 unspecified atom stereocenters. The SMILES string of the molecule is CCNC(=NCC(C)(C)Cc1ccccc1)NC1CCN(C(=O)OCC)CC1.I. The molecule has 6 nitrogen and oxygen atoms in total. The van der Waals surface area contributed by atoms with Gasteiger partial charge in [-0.2, -0.15) is 0 Å². The minimum atomic E-state index is -0.204. The van der Waals surface area contributed by atoms with Crippen molar-refractivity contribution in [3.05, 3.63) is 35.9 Å². The standard InChI is InChI=1S/C22H36N4O2.HI/c1-5-23-20(24-17-22(3,4)16-18-10-8-7-9-11-18)25-19-12-14-26(15-13-19)21(27)28-6-2;/h7-11,19H,5-6,12-17H2,1-4H3,(H2,23,24,25);1H. The lowest BCUT2D eigenvalue weighted by molar-refractivity contribution is 0.0963. The van der Waals surface area contributed by atoms with E-state index in [4.69, 9.17) is 9.73 Å². The molecule has 1 amide bonds. The first-order chi connectivity index (χ1) is 13.4. The molecular weight excluding hydrogens is 479 g/mol. The van der Waals surface area contributed by atoms with Crippen molar-refractivity contribution >= 4 is 36.0 Å². The number of halogens is 1. The maximum absolute atomic E-state index is 11.8. The number of nitrogens with one attached hydrogen (secondary N) is 2. The van der Waals surface area contributed by atoms with Crippen LogP contribution < -0.4 is 10.6 Å². The Labute approximate surface area is 192 Å². The maximum atomic E-state index is 11.8. The fraction of sp³-hybridized carbons (Fsp3) is 0.636. The molecule has 1 fully saturated rings. The molecule has 1 saturated heterocycles. The number of benzene rings is 1. The second-order valence-electron chi connectivity index (χ2n) is 8.13. The number of hydrogen-bond donors (Lipinski definition) is 2. The van der Waals surface area contributed by atoms with Gasteiger partial charge in [-0.15, -0.1) is 24.0 Å². The van der Waals surface area contributed by atoms with Crippen LogP contribution in [0.2, 0.25) is 0 Å². The summed E-state index contributed by atoms with van der Waals surface area (Å²) in [7, 11) is 0. The van der Waals surface area contributed by atoms with Crippen molar-refractivity contribution in [1.29, 1.82) is 0 Å². The second-order valence-corrected chi connectivity index (χ2v) is 8.13. The van der Waals surface area contributed by atoms with Gasteiger partial charge in [0.25, 0.3) is 0 Å². The van der Waals surface area contributed by atoms with Crippen LogP contribution in [0, 0.1) is 5.41 Å². The first kappa shape index (κ1) is 25.5. The molecule has 0 atom stereocenters. The number of rotatable bonds is 7. The number of hydrogen-bond acceptors (Lipinski definition) is 3. The summed E-state index contributed by atoms with van der Waals surface area (Å²) in [5.74, 6) is 0.859. The summed E-state index contributed by atoms with van der Waals surface area (Å²) in [5, 5.41) is 6.90. The quantitative estimate of drug-likeness (QED) is 0.326. The zero-order valence-electron chi connectivity index (χ0n) is 18.2. The van der Waals surface area contributed by atoms with E-state index in [2.05, 4.69) is 61.7 Å². The summed E-state index contributed by atoms with van der Waals surface area (Å²) in [4.78, 5) is 18.5. The summed E-state index contributed by atoms with van der Waals surface area (Å²) in [6, 6.07) is 10.9. The normalized spacial score (nSPS) is 15.4. The lowest BCUT2D eigenvalue weighted by Gasteiger charge is -2.32. The summed E-state index contributed by atoms with van der Waals surface area (Å²) >= 11 is 0. The van der Waals surface area contributed by atoms with E-state index in [1.807, 2.05) is 6.92 Å². The van der Waals surface area contributed by atoms with Crippen molar-refractivity contribution in [1.82, 2.24) is 15.5 Å². The molecule has 0 spiro atoms.